The van der Waals surface area contributed by atoms with E-state index in [1.807, 2.05) is 30.3 Å². The van der Waals surface area contributed by atoms with E-state index in [0.717, 1.165) is 5.56 Å². The maximum Gasteiger partial charge on any atom is 0.199 e. The second kappa shape index (κ2) is 4.64. The van der Waals surface area contributed by atoms with E-state index in [2.05, 4.69) is 10.4 Å². The van der Waals surface area contributed by atoms with Crippen molar-refractivity contribution in [3.05, 3.63) is 35.9 Å². The summed E-state index contributed by atoms with van der Waals surface area (Å²) in [6.07, 6.45) is -0.746. The Labute approximate surface area is 111 Å². The molecule has 3 rings (SSSR count). The lowest BCUT2D eigenvalue weighted by Crippen LogP contribution is -2.41. The zero-order chi connectivity index (χ0) is 13.4. The van der Waals surface area contributed by atoms with Crippen LogP contribution in [0.3, 0.4) is 0 Å². The normalized spacial score (nSPS) is 28.8. The molecule has 0 aliphatic carbocycles. The number of alkyl halides is 1. The number of hydrogen-bond acceptors (Lipinski definition) is 4. The number of amidine groups is 1. The minimum absolute atomic E-state index is 0.0755. The second-order valence-corrected chi connectivity index (χ2v) is 4.87. The van der Waals surface area contributed by atoms with Gasteiger partial charge in [0, 0.05) is 12.8 Å². The van der Waals surface area contributed by atoms with Crippen LogP contribution in [0.2, 0.25) is 0 Å². The molecule has 1 aromatic rings. The molecule has 0 amide bonds. The molecular weight excluding hydrogens is 245 g/mol. The van der Waals surface area contributed by atoms with Gasteiger partial charge in [-0.15, -0.1) is 0 Å². The number of carbonyl (C=O) groups excluding carboxylic acids is 1. The standard InChI is InChI=1S/C14H16FN3O/c1-2-12(19)13-16-14-10(15)8-11(18(14)17-13)9-6-4-3-5-7-9/h3-7,10-11,14H,2,8H2,1H3,(H,16,17)/t10-,11-,14?/m1/s1. The first kappa shape index (κ1) is 12.1. The maximum atomic E-state index is 14.1. The Balaban J connectivity index is 1.89. The molecule has 1 fully saturated rings. The molecular formula is C14H16FN3O. The van der Waals surface area contributed by atoms with E-state index in [0.29, 0.717) is 12.8 Å². The van der Waals surface area contributed by atoms with Gasteiger partial charge in [-0.05, 0) is 5.56 Å². The molecule has 0 aromatic heterocycles. The third-order valence-corrected chi connectivity index (χ3v) is 3.67. The highest BCUT2D eigenvalue weighted by atomic mass is 19.1. The van der Waals surface area contributed by atoms with Gasteiger partial charge in [0.1, 0.15) is 12.3 Å². The Morgan fingerprint density at radius 3 is 2.89 bits per heavy atom. The first-order chi connectivity index (χ1) is 9.20. The van der Waals surface area contributed by atoms with Crippen molar-refractivity contribution in [2.45, 2.75) is 38.1 Å². The smallest absolute Gasteiger partial charge is 0.199 e. The molecule has 0 saturated carbocycles. The topological polar surface area (TPSA) is 44.7 Å². The summed E-state index contributed by atoms with van der Waals surface area (Å²) in [5.74, 6) is 0.212. The Morgan fingerprint density at radius 1 is 1.47 bits per heavy atom. The Hall–Kier alpha value is -1.91. The largest absolute Gasteiger partial charge is 0.342 e. The van der Waals surface area contributed by atoms with Gasteiger partial charge in [0.05, 0.1) is 6.04 Å². The molecule has 5 heteroatoms. The predicted molar refractivity (Wildman–Crippen MR) is 70.2 cm³/mol. The average molecular weight is 261 g/mol. The van der Waals surface area contributed by atoms with E-state index >= 15 is 0 Å². The van der Waals surface area contributed by atoms with Crippen LogP contribution < -0.4 is 5.32 Å². The number of fused-ring (bicyclic) bond motifs is 1. The number of halogens is 1. The molecule has 3 atom stereocenters. The lowest BCUT2D eigenvalue weighted by Gasteiger charge is -2.21. The number of rotatable bonds is 3. The molecule has 100 valence electrons. The minimum Gasteiger partial charge on any atom is -0.342 e. The first-order valence-electron chi connectivity index (χ1n) is 6.56. The number of hydrazone groups is 1. The Kier molecular flexibility index (Phi) is 2.97. The summed E-state index contributed by atoms with van der Waals surface area (Å²) >= 11 is 0. The third kappa shape index (κ3) is 1.99. The highest BCUT2D eigenvalue weighted by molar-refractivity contribution is 6.39. The number of hydrogen-bond donors (Lipinski definition) is 1. The summed E-state index contributed by atoms with van der Waals surface area (Å²) in [7, 11) is 0. The molecule has 2 aliphatic heterocycles. The molecule has 4 nitrogen and oxygen atoms in total. The van der Waals surface area contributed by atoms with E-state index < -0.39 is 12.3 Å². The molecule has 1 N–H and O–H groups in total. The summed E-state index contributed by atoms with van der Waals surface area (Å²) in [5.41, 5.74) is 1.03. The number of ketones is 1. The highest BCUT2D eigenvalue weighted by Crippen LogP contribution is 2.39. The van der Waals surface area contributed by atoms with Gasteiger partial charge in [-0.1, -0.05) is 37.3 Å². The van der Waals surface area contributed by atoms with Crippen molar-refractivity contribution in [3.63, 3.8) is 0 Å². The molecule has 2 aliphatic rings. The van der Waals surface area contributed by atoms with Gasteiger partial charge in [-0.3, -0.25) is 9.80 Å². The summed E-state index contributed by atoms with van der Waals surface area (Å²) < 4.78 is 14.1. The van der Waals surface area contributed by atoms with Crippen LogP contribution in [0.4, 0.5) is 4.39 Å². The van der Waals surface area contributed by atoms with E-state index in [9.17, 15) is 9.18 Å². The van der Waals surface area contributed by atoms with Gasteiger partial charge >= 0.3 is 0 Å². The zero-order valence-corrected chi connectivity index (χ0v) is 10.7. The van der Waals surface area contributed by atoms with Crippen LogP contribution in [0.1, 0.15) is 31.4 Å². The van der Waals surface area contributed by atoms with E-state index in [1.165, 1.54) is 0 Å². The monoisotopic (exact) mass is 261 g/mol. The fourth-order valence-electron chi connectivity index (χ4n) is 2.65. The van der Waals surface area contributed by atoms with Crippen molar-refractivity contribution < 1.29 is 9.18 Å². The second-order valence-electron chi connectivity index (χ2n) is 4.87. The summed E-state index contributed by atoms with van der Waals surface area (Å²) in [6.45, 7) is 1.78. The van der Waals surface area contributed by atoms with Crippen molar-refractivity contribution in [1.82, 2.24) is 10.3 Å². The number of nitrogens with one attached hydrogen (secondary N) is 1. The van der Waals surface area contributed by atoms with Crippen LogP contribution in [0, 0.1) is 0 Å². The highest BCUT2D eigenvalue weighted by Gasteiger charge is 2.46. The van der Waals surface area contributed by atoms with E-state index in [-0.39, 0.29) is 17.7 Å². The summed E-state index contributed by atoms with van der Waals surface area (Å²) in [5, 5.41) is 8.88. The summed E-state index contributed by atoms with van der Waals surface area (Å²) in [6, 6.07) is 9.63. The molecule has 0 spiro atoms. The maximum absolute atomic E-state index is 14.1. The zero-order valence-electron chi connectivity index (χ0n) is 10.7. The SMILES string of the molecule is CCC(=O)C1=NN2C(N1)[C@H](F)C[C@@H]2c1ccccc1. The van der Waals surface area contributed by atoms with Crippen molar-refractivity contribution in [2.75, 3.05) is 0 Å². The van der Waals surface area contributed by atoms with Crippen molar-refractivity contribution in [1.29, 1.82) is 0 Å². The van der Waals surface area contributed by atoms with Gasteiger partial charge in [0.2, 0.25) is 0 Å². The number of Topliss-reactive ketones (excluding diaryl/α,β-unsaturated/α-hetero) is 1. The van der Waals surface area contributed by atoms with Crippen LogP contribution in [-0.4, -0.2) is 29.0 Å². The Bertz CT molecular complexity index is 517. The lowest BCUT2D eigenvalue weighted by molar-refractivity contribution is -0.112. The van der Waals surface area contributed by atoms with Gasteiger partial charge in [-0.2, -0.15) is 5.10 Å². The molecule has 19 heavy (non-hydrogen) atoms. The summed E-state index contributed by atoms with van der Waals surface area (Å²) in [4.78, 5) is 11.7. The molecule has 1 saturated heterocycles. The molecule has 2 heterocycles. The molecule has 1 aromatic carbocycles. The molecule has 0 bridgehead atoms. The Morgan fingerprint density at radius 2 is 2.21 bits per heavy atom. The molecule has 0 radical (unpaired) electrons. The quantitative estimate of drug-likeness (QED) is 0.905. The number of nitrogens with zero attached hydrogens (tertiary/aromatic N) is 2. The fourth-order valence-corrected chi connectivity index (χ4v) is 2.65. The van der Waals surface area contributed by atoms with E-state index in [4.69, 9.17) is 0 Å². The number of benzene rings is 1. The van der Waals surface area contributed by atoms with Crippen LogP contribution in [-0.2, 0) is 4.79 Å². The molecule has 1 unspecified atom stereocenters. The third-order valence-electron chi connectivity index (χ3n) is 3.67. The minimum atomic E-state index is -1.02. The fraction of sp³-hybridized carbons (Fsp3) is 0.429. The van der Waals surface area contributed by atoms with Crippen LogP contribution in [0.5, 0.6) is 0 Å². The van der Waals surface area contributed by atoms with Crippen molar-refractivity contribution in [2.24, 2.45) is 5.10 Å². The first-order valence-corrected chi connectivity index (χ1v) is 6.56. The average Bonchev–Trinajstić information content (AvgIpc) is 3.00. The van der Waals surface area contributed by atoms with Crippen molar-refractivity contribution >= 4 is 11.6 Å². The van der Waals surface area contributed by atoms with Gasteiger partial charge in [0.25, 0.3) is 0 Å². The lowest BCUT2D eigenvalue weighted by atomic mass is 10.0. The number of carbonyl (C=O) groups is 1. The van der Waals surface area contributed by atoms with Crippen molar-refractivity contribution in [3.8, 4) is 0 Å². The van der Waals surface area contributed by atoms with Crippen LogP contribution in [0.15, 0.2) is 35.4 Å². The van der Waals surface area contributed by atoms with Gasteiger partial charge in [0.15, 0.2) is 11.6 Å². The van der Waals surface area contributed by atoms with E-state index in [1.54, 1.807) is 11.9 Å². The van der Waals surface area contributed by atoms with Gasteiger partial charge in [-0.25, -0.2) is 4.39 Å². The van der Waals surface area contributed by atoms with Crippen LogP contribution in [0.25, 0.3) is 0 Å². The van der Waals surface area contributed by atoms with Crippen LogP contribution >= 0.6 is 0 Å². The predicted octanol–water partition coefficient (Wildman–Crippen LogP) is 1.99. The van der Waals surface area contributed by atoms with Gasteiger partial charge < -0.3 is 5.32 Å².